The molecule has 0 aromatic heterocycles. The van der Waals surface area contributed by atoms with Crippen LogP contribution in [0.15, 0.2) is 42.5 Å². The van der Waals surface area contributed by atoms with E-state index in [1.54, 1.807) is 12.1 Å². The lowest BCUT2D eigenvalue weighted by molar-refractivity contribution is -0.194. The molecule has 0 saturated carbocycles. The summed E-state index contributed by atoms with van der Waals surface area (Å²) in [7, 11) is 0. The van der Waals surface area contributed by atoms with E-state index in [0.29, 0.717) is 18.1 Å². The van der Waals surface area contributed by atoms with Crippen molar-refractivity contribution in [3.8, 4) is 11.5 Å². The third-order valence-electron chi connectivity index (χ3n) is 5.24. The van der Waals surface area contributed by atoms with Gasteiger partial charge in [-0.2, -0.15) is 0 Å². The topological polar surface area (TPSA) is 106 Å². The summed E-state index contributed by atoms with van der Waals surface area (Å²) in [5, 5.41) is 19.2. The van der Waals surface area contributed by atoms with Gasteiger partial charge in [-0.05, 0) is 48.7 Å². The first-order valence-corrected chi connectivity index (χ1v) is 9.78. The van der Waals surface area contributed by atoms with Crippen molar-refractivity contribution in [1.29, 1.82) is 0 Å². The second-order valence-corrected chi connectivity index (χ2v) is 7.72. The number of rotatable bonds is 6. The lowest BCUT2D eigenvalue weighted by atomic mass is 10.0. The summed E-state index contributed by atoms with van der Waals surface area (Å²) in [4.78, 5) is 25.0. The van der Waals surface area contributed by atoms with E-state index in [1.807, 2.05) is 24.3 Å². The summed E-state index contributed by atoms with van der Waals surface area (Å²) in [5.74, 6) is -6.03. The maximum absolute atomic E-state index is 11.4. The van der Waals surface area contributed by atoms with E-state index in [4.69, 9.17) is 25.8 Å². The number of hydrogen-bond acceptors (Lipinski definition) is 6. The zero-order valence-electron chi connectivity index (χ0n) is 16.1. The summed E-state index contributed by atoms with van der Waals surface area (Å²) in [5.41, 5.74) is 1.83. The standard InChI is InChI=1S/C21H20ClNO7/c1-12(23-7-8-28-18(23)14-3-2-4-15(22)11-14)9-13-5-6-16-17(10-13)30-21(29-16,19(24)25)20(26)27/h2-6,10-12,18H,7-9H2,1H3,(H,24,25)(H,26,27). The van der Waals surface area contributed by atoms with Gasteiger partial charge in [0.05, 0.1) is 6.61 Å². The zero-order chi connectivity index (χ0) is 21.5. The smallest absolute Gasteiger partial charge is 0.453 e. The number of aliphatic carboxylic acids is 2. The Balaban J connectivity index is 1.51. The maximum Gasteiger partial charge on any atom is 0.453 e. The number of carboxylic acids is 2. The Kier molecular flexibility index (Phi) is 5.31. The first-order chi connectivity index (χ1) is 14.3. The van der Waals surface area contributed by atoms with Crippen molar-refractivity contribution < 1.29 is 34.0 Å². The minimum absolute atomic E-state index is 0.0810. The number of carbonyl (C=O) groups is 2. The molecule has 2 atom stereocenters. The number of hydrogen-bond donors (Lipinski definition) is 2. The average molecular weight is 434 g/mol. The van der Waals surface area contributed by atoms with Crippen LogP contribution in [0.1, 0.15) is 24.3 Å². The van der Waals surface area contributed by atoms with Gasteiger partial charge in [0.1, 0.15) is 6.23 Å². The molecule has 1 saturated heterocycles. The van der Waals surface area contributed by atoms with E-state index in [1.165, 1.54) is 6.07 Å². The normalized spacial score (nSPS) is 20.8. The van der Waals surface area contributed by atoms with E-state index in [2.05, 4.69) is 11.8 Å². The Labute approximate surface area is 177 Å². The van der Waals surface area contributed by atoms with Crippen LogP contribution >= 0.6 is 11.6 Å². The van der Waals surface area contributed by atoms with E-state index in [9.17, 15) is 19.8 Å². The van der Waals surface area contributed by atoms with Crippen LogP contribution in [0, 0.1) is 0 Å². The van der Waals surface area contributed by atoms with Crippen LogP contribution in [0.25, 0.3) is 0 Å². The Morgan fingerprint density at radius 2 is 1.90 bits per heavy atom. The highest BCUT2D eigenvalue weighted by atomic mass is 35.5. The molecule has 0 bridgehead atoms. The third-order valence-corrected chi connectivity index (χ3v) is 5.47. The highest BCUT2D eigenvalue weighted by Crippen LogP contribution is 2.41. The van der Waals surface area contributed by atoms with Gasteiger partial charge in [-0.1, -0.05) is 29.8 Å². The Hall–Kier alpha value is -2.81. The molecular formula is C21H20ClNO7. The van der Waals surface area contributed by atoms with Gasteiger partial charge in [-0.25, -0.2) is 9.59 Å². The second-order valence-electron chi connectivity index (χ2n) is 7.28. The molecule has 2 N–H and O–H groups in total. The summed E-state index contributed by atoms with van der Waals surface area (Å²) < 4.78 is 16.2. The third kappa shape index (κ3) is 3.58. The number of nitrogens with zero attached hydrogens (tertiary/aromatic N) is 1. The van der Waals surface area contributed by atoms with Gasteiger partial charge in [0.15, 0.2) is 11.5 Å². The molecule has 9 heteroatoms. The van der Waals surface area contributed by atoms with Crippen molar-refractivity contribution in [2.45, 2.75) is 31.4 Å². The van der Waals surface area contributed by atoms with Crippen LogP contribution < -0.4 is 9.47 Å². The Bertz CT molecular complexity index is 981. The van der Waals surface area contributed by atoms with Gasteiger partial charge in [0, 0.05) is 17.6 Å². The summed E-state index contributed by atoms with van der Waals surface area (Å²) in [6, 6.07) is 12.6. The number of carboxylic acid groups (broad SMARTS) is 2. The summed E-state index contributed by atoms with van der Waals surface area (Å²) in [6.45, 7) is 3.42. The van der Waals surface area contributed by atoms with Gasteiger partial charge in [-0.15, -0.1) is 0 Å². The minimum Gasteiger partial charge on any atom is -0.475 e. The molecule has 30 heavy (non-hydrogen) atoms. The molecule has 4 rings (SSSR count). The van der Waals surface area contributed by atoms with Gasteiger partial charge in [-0.3, -0.25) is 4.90 Å². The van der Waals surface area contributed by atoms with E-state index in [0.717, 1.165) is 17.7 Å². The van der Waals surface area contributed by atoms with Crippen molar-refractivity contribution in [2.75, 3.05) is 13.2 Å². The van der Waals surface area contributed by atoms with Gasteiger partial charge >= 0.3 is 17.7 Å². The van der Waals surface area contributed by atoms with Crippen LogP contribution in [0.4, 0.5) is 0 Å². The first kappa shape index (κ1) is 20.5. The Morgan fingerprint density at radius 3 is 2.60 bits per heavy atom. The number of benzene rings is 2. The van der Waals surface area contributed by atoms with Crippen molar-refractivity contribution in [3.05, 3.63) is 58.6 Å². The van der Waals surface area contributed by atoms with Crippen LogP contribution in [0.5, 0.6) is 11.5 Å². The first-order valence-electron chi connectivity index (χ1n) is 9.41. The molecule has 0 aliphatic carbocycles. The van der Waals surface area contributed by atoms with Crippen molar-refractivity contribution in [2.24, 2.45) is 0 Å². The Morgan fingerprint density at radius 1 is 1.17 bits per heavy atom. The molecular weight excluding hydrogens is 414 g/mol. The van der Waals surface area contributed by atoms with Gasteiger partial charge < -0.3 is 24.4 Å². The second kappa shape index (κ2) is 7.79. The van der Waals surface area contributed by atoms with Crippen LogP contribution in [-0.2, 0) is 20.7 Å². The molecule has 2 aliphatic heterocycles. The quantitative estimate of drug-likeness (QED) is 0.670. The molecule has 0 amide bonds. The summed E-state index contributed by atoms with van der Waals surface area (Å²) in [6.07, 6.45) is 0.406. The monoisotopic (exact) mass is 433 g/mol. The molecule has 8 nitrogen and oxygen atoms in total. The minimum atomic E-state index is -2.76. The van der Waals surface area contributed by atoms with Gasteiger partial charge in [0.2, 0.25) is 0 Å². The molecule has 1 fully saturated rings. The molecule has 2 aromatic rings. The largest absolute Gasteiger partial charge is 0.475 e. The highest BCUT2D eigenvalue weighted by molar-refractivity contribution is 6.30. The van der Waals surface area contributed by atoms with E-state index >= 15 is 0 Å². The van der Waals surface area contributed by atoms with E-state index < -0.39 is 17.7 Å². The van der Waals surface area contributed by atoms with Crippen LogP contribution in [-0.4, -0.2) is 52.0 Å². The fraction of sp³-hybridized carbons (Fsp3) is 0.333. The number of fused-ring (bicyclic) bond motifs is 1. The SMILES string of the molecule is CC(Cc1ccc2c(c1)OC(C(=O)O)(C(=O)O)O2)N1CCOC1c1cccc(Cl)c1. The average Bonchev–Trinajstić information content (AvgIpc) is 3.33. The lowest BCUT2D eigenvalue weighted by Crippen LogP contribution is -2.54. The molecule has 2 aromatic carbocycles. The highest BCUT2D eigenvalue weighted by Gasteiger charge is 2.57. The van der Waals surface area contributed by atoms with Crippen molar-refractivity contribution in [1.82, 2.24) is 4.90 Å². The predicted octanol–water partition coefficient (Wildman–Crippen LogP) is 2.94. The van der Waals surface area contributed by atoms with Crippen molar-refractivity contribution in [3.63, 3.8) is 0 Å². The molecule has 2 heterocycles. The molecule has 0 radical (unpaired) electrons. The predicted molar refractivity (Wildman–Crippen MR) is 106 cm³/mol. The molecule has 2 unspecified atom stereocenters. The molecule has 0 spiro atoms. The summed E-state index contributed by atoms with van der Waals surface area (Å²) >= 11 is 6.12. The number of halogens is 1. The van der Waals surface area contributed by atoms with Gasteiger partial charge in [0.25, 0.3) is 0 Å². The lowest BCUT2D eigenvalue weighted by Gasteiger charge is -2.29. The zero-order valence-corrected chi connectivity index (χ0v) is 16.8. The van der Waals surface area contributed by atoms with Crippen LogP contribution in [0.2, 0.25) is 5.02 Å². The molecule has 2 aliphatic rings. The number of ether oxygens (including phenoxy) is 3. The van der Waals surface area contributed by atoms with Crippen LogP contribution in [0.3, 0.4) is 0 Å². The van der Waals surface area contributed by atoms with Crippen molar-refractivity contribution >= 4 is 23.5 Å². The van der Waals surface area contributed by atoms with E-state index in [-0.39, 0.29) is 23.8 Å². The fourth-order valence-corrected chi connectivity index (χ4v) is 3.98. The maximum atomic E-state index is 11.4. The fourth-order valence-electron chi connectivity index (χ4n) is 3.78. The molecule has 158 valence electrons.